The van der Waals surface area contributed by atoms with Gasteiger partial charge in [0.1, 0.15) is 5.76 Å². The number of halogens is 1. The van der Waals surface area contributed by atoms with E-state index in [2.05, 4.69) is 5.32 Å². The van der Waals surface area contributed by atoms with Gasteiger partial charge in [-0.15, -0.1) is 0 Å². The summed E-state index contributed by atoms with van der Waals surface area (Å²) in [7, 11) is 0. The van der Waals surface area contributed by atoms with Crippen molar-refractivity contribution in [2.24, 2.45) is 5.41 Å². The van der Waals surface area contributed by atoms with Crippen LogP contribution in [0.5, 0.6) is 0 Å². The van der Waals surface area contributed by atoms with E-state index in [1.165, 1.54) is 0 Å². The van der Waals surface area contributed by atoms with Gasteiger partial charge in [0.2, 0.25) is 5.91 Å². The summed E-state index contributed by atoms with van der Waals surface area (Å²) in [6.07, 6.45) is 2.26. The number of carbonyl (C=O) groups excluding carboxylic acids is 2. The van der Waals surface area contributed by atoms with Gasteiger partial charge in [-0.25, -0.2) is 0 Å². The minimum atomic E-state index is -0.106. The summed E-state index contributed by atoms with van der Waals surface area (Å²) >= 11 is 6.19. The molecule has 130 valence electrons. The normalized spacial score (nSPS) is 19.2. The number of likely N-dealkylation sites (tertiary alicyclic amines) is 1. The summed E-state index contributed by atoms with van der Waals surface area (Å²) < 4.78 is 5.76. The molecular weight excluding hydrogens is 340 g/mol. The molecule has 1 aromatic heterocycles. The summed E-state index contributed by atoms with van der Waals surface area (Å²) in [5.41, 5.74) is 0.802. The predicted octanol–water partition coefficient (Wildman–Crippen LogP) is 3.34. The average Bonchev–Trinajstić information content (AvgIpc) is 3.23. The zero-order valence-electron chi connectivity index (χ0n) is 13.8. The molecule has 1 N–H and O–H groups in total. The van der Waals surface area contributed by atoms with Crippen LogP contribution in [0.15, 0.2) is 40.8 Å². The molecule has 3 heterocycles. The second kappa shape index (κ2) is 6.23. The monoisotopic (exact) mass is 358 g/mol. The number of rotatable bonds is 2. The first-order valence-electron chi connectivity index (χ1n) is 8.47. The standard InChI is InChI=1S/C19H19ClN2O3/c20-14-4-2-1-3-13(14)15-5-6-16(25-15)18(24)22-9-7-19(8-10-22)11-17(23)21-12-19/h1-6H,7-12H2,(H,21,23). The van der Waals surface area contributed by atoms with Crippen molar-refractivity contribution in [3.8, 4) is 11.3 Å². The van der Waals surface area contributed by atoms with Gasteiger partial charge < -0.3 is 14.6 Å². The Bertz CT molecular complexity index is 822. The van der Waals surface area contributed by atoms with Crippen LogP contribution < -0.4 is 5.32 Å². The second-order valence-electron chi connectivity index (χ2n) is 6.89. The quantitative estimate of drug-likeness (QED) is 0.895. The molecule has 0 unspecified atom stereocenters. The molecule has 4 rings (SSSR count). The largest absolute Gasteiger partial charge is 0.451 e. The minimum absolute atomic E-state index is 0.0275. The Morgan fingerprint density at radius 1 is 1.16 bits per heavy atom. The Labute approximate surface area is 150 Å². The van der Waals surface area contributed by atoms with Crippen molar-refractivity contribution in [1.82, 2.24) is 10.2 Å². The van der Waals surface area contributed by atoms with Gasteiger partial charge in [0, 0.05) is 31.6 Å². The summed E-state index contributed by atoms with van der Waals surface area (Å²) in [6.45, 7) is 2.02. The van der Waals surface area contributed by atoms with Crippen molar-refractivity contribution in [2.75, 3.05) is 19.6 Å². The van der Waals surface area contributed by atoms with Gasteiger partial charge in [-0.1, -0.05) is 23.7 Å². The molecule has 1 spiro atoms. The number of hydrogen-bond donors (Lipinski definition) is 1. The lowest BCUT2D eigenvalue weighted by Gasteiger charge is -2.37. The topological polar surface area (TPSA) is 62.6 Å². The molecule has 2 fully saturated rings. The van der Waals surface area contributed by atoms with Crippen molar-refractivity contribution >= 4 is 23.4 Å². The van der Waals surface area contributed by atoms with Crippen molar-refractivity contribution in [2.45, 2.75) is 19.3 Å². The molecule has 2 saturated heterocycles. The lowest BCUT2D eigenvalue weighted by Crippen LogP contribution is -2.43. The van der Waals surface area contributed by atoms with E-state index < -0.39 is 0 Å². The molecule has 2 aliphatic rings. The Balaban J connectivity index is 1.46. The van der Waals surface area contributed by atoms with Crippen LogP contribution in [0.2, 0.25) is 5.02 Å². The predicted molar refractivity (Wildman–Crippen MR) is 94.4 cm³/mol. The van der Waals surface area contributed by atoms with Gasteiger partial charge in [0.25, 0.3) is 5.91 Å². The number of piperidine rings is 1. The third-order valence-corrected chi connectivity index (χ3v) is 5.59. The maximum atomic E-state index is 12.7. The highest BCUT2D eigenvalue weighted by Gasteiger charge is 2.42. The lowest BCUT2D eigenvalue weighted by molar-refractivity contribution is -0.119. The molecule has 2 aliphatic heterocycles. The smallest absolute Gasteiger partial charge is 0.289 e. The number of carbonyl (C=O) groups is 2. The number of nitrogens with one attached hydrogen (secondary N) is 1. The van der Waals surface area contributed by atoms with Crippen molar-refractivity contribution in [3.63, 3.8) is 0 Å². The highest BCUT2D eigenvalue weighted by Crippen LogP contribution is 2.38. The van der Waals surface area contributed by atoms with Gasteiger partial charge in [-0.3, -0.25) is 9.59 Å². The number of amides is 2. The fourth-order valence-corrected chi connectivity index (χ4v) is 3.93. The molecule has 2 aromatic rings. The molecule has 0 radical (unpaired) electrons. The van der Waals surface area contributed by atoms with Crippen molar-refractivity contribution in [1.29, 1.82) is 0 Å². The summed E-state index contributed by atoms with van der Waals surface area (Å²) in [4.78, 5) is 26.0. The summed E-state index contributed by atoms with van der Waals surface area (Å²) in [5.74, 6) is 0.931. The molecule has 0 bridgehead atoms. The van der Waals surface area contributed by atoms with Gasteiger partial charge in [0.05, 0.1) is 5.02 Å². The van der Waals surface area contributed by atoms with E-state index in [1.807, 2.05) is 23.1 Å². The van der Waals surface area contributed by atoms with E-state index in [-0.39, 0.29) is 17.2 Å². The van der Waals surface area contributed by atoms with Crippen molar-refractivity contribution in [3.05, 3.63) is 47.2 Å². The zero-order valence-corrected chi connectivity index (χ0v) is 14.5. The van der Waals surface area contributed by atoms with E-state index in [9.17, 15) is 9.59 Å². The molecule has 6 heteroatoms. The SMILES string of the molecule is O=C1CC2(CCN(C(=O)c3ccc(-c4ccccc4Cl)o3)CC2)CN1. The van der Waals surface area contributed by atoms with Crippen LogP contribution in [-0.4, -0.2) is 36.3 Å². The second-order valence-corrected chi connectivity index (χ2v) is 7.30. The van der Waals surface area contributed by atoms with E-state index in [4.69, 9.17) is 16.0 Å². The average molecular weight is 359 g/mol. The maximum absolute atomic E-state index is 12.7. The third kappa shape index (κ3) is 3.04. The lowest BCUT2D eigenvalue weighted by atomic mass is 9.77. The Morgan fingerprint density at radius 2 is 1.92 bits per heavy atom. The first kappa shape index (κ1) is 16.2. The third-order valence-electron chi connectivity index (χ3n) is 5.26. The van der Waals surface area contributed by atoms with E-state index in [0.717, 1.165) is 24.9 Å². The molecule has 1 aromatic carbocycles. The fourth-order valence-electron chi connectivity index (χ4n) is 3.70. The molecule has 5 nitrogen and oxygen atoms in total. The zero-order chi connectivity index (χ0) is 17.4. The van der Waals surface area contributed by atoms with Gasteiger partial charge >= 0.3 is 0 Å². The van der Waals surface area contributed by atoms with Crippen LogP contribution in [0.4, 0.5) is 0 Å². The van der Waals surface area contributed by atoms with E-state index in [1.54, 1.807) is 18.2 Å². The van der Waals surface area contributed by atoms with Crippen LogP contribution >= 0.6 is 11.6 Å². The Morgan fingerprint density at radius 3 is 2.60 bits per heavy atom. The highest BCUT2D eigenvalue weighted by atomic mass is 35.5. The van der Waals surface area contributed by atoms with Crippen LogP contribution in [0.3, 0.4) is 0 Å². The first-order valence-corrected chi connectivity index (χ1v) is 8.85. The Kier molecular flexibility index (Phi) is 4.04. The van der Waals surface area contributed by atoms with Crippen molar-refractivity contribution < 1.29 is 14.0 Å². The Hall–Kier alpha value is -2.27. The molecule has 0 aliphatic carbocycles. The molecular formula is C19H19ClN2O3. The molecule has 0 atom stereocenters. The number of nitrogens with zero attached hydrogens (tertiary/aromatic N) is 1. The van der Waals surface area contributed by atoms with Crippen LogP contribution in [0.1, 0.15) is 29.8 Å². The van der Waals surface area contributed by atoms with Crippen LogP contribution in [0.25, 0.3) is 11.3 Å². The number of benzene rings is 1. The molecule has 25 heavy (non-hydrogen) atoms. The molecule has 0 saturated carbocycles. The van der Waals surface area contributed by atoms with Crippen LogP contribution in [0, 0.1) is 5.41 Å². The summed E-state index contributed by atoms with van der Waals surface area (Å²) in [6, 6.07) is 10.9. The minimum Gasteiger partial charge on any atom is -0.451 e. The van der Waals surface area contributed by atoms with Crippen LogP contribution in [-0.2, 0) is 4.79 Å². The van der Waals surface area contributed by atoms with E-state index in [0.29, 0.717) is 36.1 Å². The van der Waals surface area contributed by atoms with E-state index >= 15 is 0 Å². The number of furan rings is 1. The highest BCUT2D eigenvalue weighted by molar-refractivity contribution is 6.33. The summed E-state index contributed by atoms with van der Waals surface area (Å²) in [5, 5.41) is 3.50. The first-order chi connectivity index (χ1) is 12.1. The maximum Gasteiger partial charge on any atom is 0.289 e. The van der Waals surface area contributed by atoms with Gasteiger partial charge in [-0.05, 0) is 42.5 Å². The fraction of sp³-hybridized carbons (Fsp3) is 0.368. The molecule has 2 amide bonds. The van der Waals surface area contributed by atoms with Gasteiger partial charge in [-0.2, -0.15) is 0 Å². The number of hydrogen-bond acceptors (Lipinski definition) is 3. The van der Waals surface area contributed by atoms with Gasteiger partial charge in [0.15, 0.2) is 5.76 Å².